The van der Waals surface area contributed by atoms with Crippen LogP contribution in [0.1, 0.15) is 18.9 Å². The van der Waals surface area contributed by atoms with Crippen molar-refractivity contribution in [3.63, 3.8) is 0 Å². The molecule has 0 unspecified atom stereocenters. The van der Waals surface area contributed by atoms with Gasteiger partial charge in [-0.25, -0.2) is 0 Å². The van der Waals surface area contributed by atoms with Gasteiger partial charge in [0.2, 0.25) is 0 Å². The maximum Gasteiger partial charge on any atom is 0.0477 e. The maximum atomic E-state index is 5.26. The Kier molecular flexibility index (Phi) is 6.96. The van der Waals surface area contributed by atoms with Crippen molar-refractivity contribution in [2.75, 3.05) is 19.8 Å². The van der Waals surface area contributed by atoms with E-state index in [0.29, 0.717) is 0 Å². The molecule has 84 valence electrons. The van der Waals surface area contributed by atoms with Crippen LogP contribution in [0.3, 0.4) is 0 Å². The summed E-state index contributed by atoms with van der Waals surface area (Å²) < 4.78 is 6.55. The number of halogens is 1. The molecular formula is C12H18INO. The lowest BCUT2D eigenvalue weighted by Gasteiger charge is -2.05. The number of ether oxygens (including phenoxy) is 1. The third-order valence-corrected chi connectivity index (χ3v) is 2.81. The number of nitrogens with one attached hydrogen (secondary N) is 1. The lowest BCUT2D eigenvalue weighted by atomic mass is 10.2. The minimum absolute atomic E-state index is 0.817. The summed E-state index contributed by atoms with van der Waals surface area (Å²) >= 11 is 2.32. The Morgan fingerprint density at radius 1 is 1.27 bits per heavy atom. The van der Waals surface area contributed by atoms with Gasteiger partial charge in [0, 0.05) is 23.3 Å². The average molecular weight is 319 g/mol. The summed E-state index contributed by atoms with van der Waals surface area (Å²) in [4.78, 5) is 0. The maximum absolute atomic E-state index is 5.26. The zero-order chi connectivity index (χ0) is 10.9. The molecule has 0 aliphatic rings. The summed E-state index contributed by atoms with van der Waals surface area (Å²) in [5.74, 6) is 0. The molecule has 0 saturated heterocycles. The van der Waals surface area contributed by atoms with Gasteiger partial charge in [-0.15, -0.1) is 0 Å². The van der Waals surface area contributed by atoms with E-state index in [1.54, 1.807) is 0 Å². The van der Waals surface area contributed by atoms with Gasteiger partial charge in [0.05, 0.1) is 0 Å². The highest BCUT2D eigenvalue weighted by molar-refractivity contribution is 14.1. The summed E-state index contributed by atoms with van der Waals surface area (Å²) in [6.45, 7) is 5.67. The van der Waals surface area contributed by atoms with Crippen molar-refractivity contribution in [3.05, 3.63) is 33.4 Å². The average Bonchev–Trinajstić information content (AvgIpc) is 2.26. The van der Waals surface area contributed by atoms with Crippen LogP contribution < -0.4 is 5.32 Å². The normalized spacial score (nSPS) is 10.5. The number of benzene rings is 1. The van der Waals surface area contributed by atoms with E-state index >= 15 is 0 Å². The molecule has 0 bridgehead atoms. The lowest BCUT2D eigenvalue weighted by Crippen LogP contribution is -2.16. The Morgan fingerprint density at radius 2 is 2.00 bits per heavy atom. The second kappa shape index (κ2) is 8.07. The van der Waals surface area contributed by atoms with Crippen LogP contribution in [0.5, 0.6) is 0 Å². The molecule has 1 rings (SSSR count). The topological polar surface area (TPSA) is 21.3 Å². The number of rotatable bonds is 7. The van der Waals surface area contributed by atoms with E-state index in [0.717, 1.165) is 32.7 Å². The van der Waals surface area contributed by atoms with Crippen LogP contribution >= 0.6 is 22.6 Å². The monoisotopic (exact) mass is 319 g/mol. The molecule has 0 atom stereocenters. The van der Waals surface area contributed by atoms with Crippen molar-refractivity contribution in [1.29, 1.82) is 0 Å². The molecule has 2 nitrogen and oxygen atoms in total. The van der Waals surface area contributed by atoms with Gasteiger partial charge in [0.1, 0.15) is 0 Å². The quantitative estimate of drug-likeness (QED) is 0.616. The van der Waals surface area contributed by atoms with Gasteiger partial charge in [-0.1, -0.05) is 12.1 Å². The fourth-order valence-corrected chi connectivity index (χ4v) is 1.64. The predicted molar refractivity (Wildman–Crippen MR) is 72.0 cm³/mol. The fraction of sp³-hybridized carbons (Fsp3) is 0.500. The van der Waals surface area contributed by atoms with Gasteiger partial charge in [-0.3, -0.25) is 0 Å². The zero-order valence-corrected chi connectivity index (χ0v) is 11.3. The first-order chi connectivity index (χ1) is 7.33. The predicted octanol–water partition coefficient (Wildman–Crippen LogP) is 2.81. The van der Waals surface area contributed by atoms with Gasteiger partial charge in [-0.2, -0.15) is 0 Å². The minimum Gasteiger partial charge on any atom is -0.382 e. The van der Waals surface area contributed by atoms with Crippen molar-refractivity contribution in [3.8, 4) is 0 Å². The molecule has 0 heterocycles. The Hall–Kier alpha value is -0.130. The van der Waals surface area contributed by atoms with E-state index in [-0.39, 0.29) is 0 Å². The summed E-state index contributed by atoms with van der Waals surface area (Å²) in [6, 6.07) is 8.60. The third kappa shape index (κ3) is 6.12. The van der Waals surface area contributed by atoms with Crippen LogP contribution in [0.25, 0.3) is 0 Å². The minimum atomic E-state index is 0.817. The lowest BCUT2D eigenvalue weighted by molar-refractivity contribution is 0.144. The van der Waals surface area contributed by atoms with E-state index in [9.17, 15) is 0 Å². The number of hydrogen-bond donors (Lipinski definition) is 1. The summed E-state index contributed by atoms with van der Waals surface area (Å²) in [6.07, 6.45) is 1.08. The van der Waals surface area contributed by atoms with Crippen LogP contribution in [-0.4, -0.2) is 19.8 Å². The van der Waals surface area contributed by atoms with E-state index in [2.05, 4.69) is 52.2 Å². The first-order valence-corrected chi connectivity index (χ1v) is 6.43. The van der Waals surface area contributed by atoms with Crippen LogP contribution in [0.15, 0.2) is 24.3 Å². The van der Waals surface area contributed by atoms with Crippen molar-refractivity contribution in [2.24, 2.45) is 0 Å². The van der Waals surface area contributed by atoms with Gasteiger partial charge in [0.25, 0.3) is 0 Å². The van der Waals surface area contributed by atoms with Crippen molar-refractivity contribution >= 4 is 22.6 Å². The van der Waals surface area contributed by atoms with Crippen molar-refractivity contribution < 1.29 is 4.74 Å². The highest BCUT2D eigenvalue weighted by Gasteiger charge is 1.92. The Labute approximate surface area is 106 Å². The molecule has 3 heteroatoms. The highest BCUT2D eigenvalue weighted by Crippen LogP contribution is 2.06. The van der Waals surface area contributed by atoms with Gasteiger partial charge >= 0.3 is 0 Å². The van der Waals surface area contributed by atoms with Gasteiger partial charge in [0.15, 0.2) is 0 Å². The third-order valence-electron chi connectivity index (χ3n) is 2.09. The molecule has 0 aliphatic carbocycles. The van der Waals surface area contributed by atoms with E-state index < -0.39 is 0 Å². The van der Waals surface area contributed by atoms with Crippen molar-refractivity contribution in [1.82, 2.24) is 5.32 Å². The Bertz CT molecular complexity index is 261. The molecule has 0 radical (unpaired) electrons. The Morgan fingerprint density at radius 3 is 2.67 bits per heavy atom. The molecule has 1 aromatic carbocycles. The molecule has 15 heavy (non-hydrogen) atoms. The summed E-state index contributed by atoms with van der Waals surface area (Å²) in [5.41, 5.74) is 1.34. The summed E-state index contributed by atoms with van der Waals surface area (Å²) in [5, 5.41) is 3.40. The summed E-state index contributed by atoms with van der Waals surface area (Å²) in [7, 11) is 0. The molecule has 0 aliphatic heterocycles. The van der Waals surface area contributed by atoms with E-state index in [1.807, 2.05) is 6.92 Å². The smallest absolute Gasteiger partial charge is 0.0477 e. The molecule has 0 saturated carbocycles. The van der Waals surface area contributed by atoms with Gasteiger partial charge < -0.3 is 10.1 Å². The fourth-order valence-electron chi connectivity index (χ4n) is 1.28. The Balaban J connectivity index is 2.07. The molecule has 0 fully saturated rings. The second-order valence-electron chi connectivity index (χ2n) is 3.35. The van der Waals surface area contributed by atoms with Crippen LogP contribution in [0.4, 0.5) is 0 Å². The molecule has 0 spiro atoms. The second-order valence-corrected chi connectivity index (χ2v) is 4.60. The van der Waals surface area contributed by atoms with E-state index in [4.69, 9.17) is 4.74 Å². The van der Waals surface area contributed by atoms with Crippen LogP contribution in [-0.2, 0) is 11.3 Å². The molecule has 1 aromatic rings. The molecule has 1 N–H and O–H groups in total. The van der Waals surface area contributed by atoms with Crippen LogP contribution in [0, 0.1) is 3.57 Å². The van der Waals surface area contributed by atoms with Crippen molar-refractivity contribution in [2.45, 2.75) is 19.9 Å². The standard InChI is InChI=1S/C12H18INO/c1-2-15-9-3-8-14-10-11-4-6-12(13)7-5-11/h4-7,14H,2-3,8-10H2,1H3. The van der Waals surface area contributed by atoms with E-state index in [1.165, 1.54) is 9.13 Å². The number of hydrogen-bond acceptors (Lipinski definition) is 2. The largest absolute Gasteiger partial charge is 0.382 e. The molecular weight excluding hydrogens is 301 g/mol. The SMILES string of the molecule is CCOCCCNCc1ccc(I)cc1. The van der Waals surface area contributed by atoms with Gasteiger partial charge in [-0.05, 0) is 60.2 Å². The first kappa shape index (κ1) is 12.9. The molecule has 0 aromatic heterocycles. The molecule has 0 amide bonds. The first-order valence-electron chi connectivity index (χ1n) is 5.36. The zero-order valence-electron chi connectivity index (χ0n) is 9.13. The van der Waals surface area contributed by atoms with Crippen LogP contribution in [0.2, 0.25) is 0 Å². The highest BCUT2D eigenvalue weighted by atomic mass is 127.